The second kappa shape index (κ2) is 9.10. The predicted molar refractivity (Wildman–Crippen MR) is 128 cm³/mol. The van der Waals surface area contributed by atoms with Gasteiger partial charge in [-0.15, -0.1) is 0 Å². The van der Waals surface area contributed by atoms with Crippen LogP contribution in [-0.2, 0) is 19.7 Å². The third kappa shape index (κ3) is 4.37. The number of aliphatic carboxylic acids is 1. The largest absolute Gasteiger partial charge is 0.480 e. The van der Waals surface area contributed by atoms with E-state index in [9.17, 15) is 14.7 Å². The van der Waals surface area contributed by atoms with Crippen LogP contribution in [0.2, 0.25) is 0 Å². The normalized spacial score (nSPS) is 15.0. The lowest BCUT2D eigenvalue weighted by atomic mass is 9.87. The molecule has 1 unspecified atom stereocenters. The Morgan fingerprint density at radius 1 is 1.20 bits per heavy atom. The second-order valence-corrected chi connectivity index (χ2v) is 9.84. The zero-order valence-electron chi connectivity index (χ0n) is 18.5. The second-order valence-electron chi connectivity index (χ2n) is 7.88. The number of benzene rings is 1. The summed E-state index contributed by atoms with van der Waals surface area (Å²) in [6.45, 7) is 3.94. The van der Waals surface area contributed by atoms with Crippen LogP contribution in [0.4, 0.5) is 10.5 Å². The number of aryl methyl sites for hydroxylation is 1. The number of carbonyl (C=O) groups is 2. The van der Waals surface area contributed by atoms with E-state index in [1.807, 2.05) is 31.2 Å². The highest BCUT2D eigenvalue weighted by Crippen LogP contribution is 2.38. The molecule has 4 aromatic rings. The monoisotopic (exact) mass is 510 g/mol. The van der Waals surface area contributed by atoms with Crippen molar-refractivity contribution in [1.82, 2.24) is 15.1 Å². The van der Waals surface area contributed by atoms with Gasteiger partial charge in [0.2, 0.25) is 0 Å². The molecule has 0 aliphatic carbocycles. The summed E-state index contributed by atoms with van der Waals surface area (Å²) in [5.74, 6) is 4.76. The Kier molecular flexibility index (Phi) is 5.98. The SMILES string of the molecule is Cc1ccccc1C(C)OC(=O)Nc1conc1C#Cc1nc2sc(C3(C(=O)O)COC3)nc2s1. The smallest absolute Gasteiger partial charge is 0.412 e. The van der Waals surface area contributed by atoms with Crippen LogP contribution in [0.5, 0.6) is 0 Å². The molecule has 1 aromatic carbocycles. The summed E-state index contributed by atoms with van der Waals surface area (Å²) in [5, 5.41) is 16.9. The van der Waals surface area contributed by atoms with Crippen LogP contribution in [0.1, 0.15) is 39.9 Å². The number of anilines is 1. The summed E-state index contributed by atoms with van der Waals surface area (Å²) in [5.41, 5.74) is 1.32. The number of fused-ring (bicyclic) bond motifs is 1. The van der Waals surface area contributed by atoms with E-state index in [1.54, 1.807) is 6.92 Å². The van der Waals surface area contributed by atoms with Gasteiger partial charge in [0.1, 0.15) is 23.1 Å². The Morgan fingerprint density at radius 2 is 1.97 bits per heavy atom. The summed E-state index contributed by atoms with van der Waals surface area (Å²) in [4.78, 5) is 34.1. The number of carboxylic acid groups (broad SMARTS) is 1. The Balaban J connectivity index is 1.28. The van der Waals surface area contributed by atoms with E-state index in [1.165, 1.54) is 28.9 Å². The Labute approximate surface area is 206 Å². The van der Waals surface area contributed by atoms with E-state index in [2.05, 4.69) is 32.3 Å². The molecule has 178 valence electrons. The molecule has 0 radical (unpaired) electrons. The van der Waals surface area contributed by atoms with Crippen molar-refractivity contribution in [2.45, 2.75) is 25.4 Å². The summed E-state index contributed by atoms with van der Waals surface area (Å²) in [6, 6.07) is 7.66. The van der Waals surface area contributed by atoms with Gasteiger partial charge in [-0.05, 0) is 36.8 Å². The Bertz CT molecular complexity index is 1460. The number of amides is 1. The molecule has 0 bridgehead atoms. The molecule has 1 saturated heterocycles. The van der Waals surface area contributed by atoms with Crippen molar-refractivity contribution in [3.05, 3.63) is 57.4 Å². The highest BCUT2D eigenvalue weighted by atomic mass is 32.1. The number of carbonyl (C=O) groups excluding carboxylic acids is 1. The van der Waals surface area contributed by atoms with Crippen LogP contribution in [-0.4, -0.2) is 45.5 Å². The fraction of sp³-hybridized carbons (Fsp3) is 0.261. The highest BCUT2D eigenvalue weighted by Gasteiger charge is 2.50. The predicted octanol–water partition coefficient (Wildman–Crippen LogP) is 4.11. The zero-order chi connectivity index (χ0) is 24.6. The number of aromatic nitrogens is 3. The van der Waals surface area contributed by atoms with Gasteiger partial charge in [0, 0.05) is 0 Å². The molecule has 35 heavy (non-hydrogen) atoms. The fourth-order valence-electron chi connectivity index (χ4n) is 3.48. The number of hydrogen-bond donors (Lipinski definition) is 2. The van der Waals surface area contributed by atoms with Gasteiger partial charge in [0.05, 0.1) is 13.2 Å². The molecular formula is C23H18N4O6S2. The first-order valence-corrected chi connectivity index (χ1v) is 12.1. The number of hydrogen-bond acceptors (Lipinski definition) is 10. The van der Waals surface area contributed by atoms with Crippen LogP contribution in [0.15, 0.2) is 35.1 Å². The molecule has 1 aliphatic heterocycles. The van der Waals surface area contributed by atoms with Crippen LogP contribution >= 0.6 is 22.7 Å². The quantitative estimate of drug-likeness (QED) is 0.380. The maximum atomic E-state index is 12.4. The molecular weight excluding hydrogens is 492 g/mol. The van der Waals surface area contributed by atoms with Crippen molar-refractivity contribution < 1.29 is 28.7 Å². The average Bonchev–Trinajstić information content (AvgIpc) is 3.46. The van der Waals surface area contributed by atoms with E-state index in [0.29, 0.717) is 19.7 Å². The molecule has 0 saturated carbocycles. The highest BCUT2D eigenvalue weighted by molar-refractivity contribution is 7.26. The summed E-state index contributed by atoms with van der Waals surface area (Å²) < 4.78 is 15.5. The van der Waals surface area contributed by atoms with E-state index >= 15 is 0 Å². The Hall–Kier alpha value is -3.79. The minimum atomic E-state index is -1.09. The van der Waals surface area contributed by atoms with Crippen LogP contribution < -0.4 is 5.32 Å². The molecule has 1 atom stereocenters. The molecule has 1 aliphatic rings. The van der Waals surface area contributed by atoms with E-state index in [-0.39, 0.29) is 24.6 Å². The molecule has 10 nitrogen and oxygen atoms in total. The third-order valence-electron chi connectivity index (χ3n) is 5.50. The molecule has 5 rings (SSSR count). The molecule has 3 aromatic heterocycles. The van der Waals surface area contributed by atoms with Crippen molar-refractivity contribution in [3.63, 3.8) is 0 Å². The van der Waals surface area contributed by atoms with E-state index in [0.717, 1.165) is 11.1 Å². The average molecular weight is 511 g/mol. The van der Waals surface area contributed by atoms with Gasteiger partial charge in [-0.25, -0.2) is 14.8 Å². The number of ether oxygens (including phenoxy) is 2. The van der Waals surface area contributed by atoms with Crippen LogP contribution in [0.3, 0.4) is 0 Å². The van der Waals surface area contributed by atoms with Gasteiger partial charge in [-0.3, -0.25) is 10.1 Å². The number of rotatable bonds is 5. The van der Waals surface area contributed by atoms with Gasteiger partial charge < -0.3 is 19.1 Å². The summed E-state index contributed by atoms with van der Waals surface area (Å²) >= 11 is 2.46. The first-order chi connectivity index (χ1) is 16.9. The molecule has 12 heteroatoms. The van der Waals surface area contributed by atoms with Gasteiger partial charge in [0.15, 0.2) is 25.8 Å². The van der Waals surface area contributed by atoms with Crippen LogP contribution in [0, 0.1) is 18.8 Å². The summed E-state index contributed by atoms with van der Waals surface area (Å²) in [6.07, 6.45) is 0.160. The number of nitrogens with zero attached hydrogens (tertiary/aromatic N) is 3. The first-order valence-electron chi connectivity index (χ1n) is 10.4. The molecule has 0 spiro atoms. The lowest BCUT2D eigenvalue weighted by Crippen LogP contribution is -2.52. The van der Waals surface area contributed by atoms with Crippen molar-refractivity contribution in [1.29, 1.82) is 0 Å². The lowest BCUT2D eigenvalue weighted by molar-refractivity contribution is -0.163. The molecule has 2 N–H and O–H groups in total. The number of carboxylic acids is 1. The van der Waals surface area contributed by atoms with Gasteiger partial charge >= 0.3 is 12.1 Å². The van der Waals surface area contributed by atoms with E-state index in [4.69, 9.17) is 14.0 Å². The molecule has 1 fully saturated rings. The van der Waals surface area contributed by atoms with Gasteiger partial charge in [-0.2, -0.15) is 0 Å². The standard InChI is InChI=1S/C23H18N4O6S2/c1-12-5-3-4-6-14(12)13(2)33-22(30)24-16-9-32-27-15(16)7-8-17-25-18-19(34-17)26-20(35-18)23(21(28)29)10-31-11-23/h3-6,9,13H,10-11H2,1-2H3,(H,24,30)(H,28,29). The van der Waals surface area contributed by atoms with E-state index < -0.39 is 23.6 Å². The van der Waals surface area contributed by atoms with Gasteiger partial charge in [0.25, 0.3) is 0 Å². The minimum absolute atomic E-state index is 0.101. The maximum absolute atomic E-state index is 12.4. The maximum Gasteiger partial charge on any atom is 0.412 e. The molecule has 4 heterocycles. The van der Waals surface area contributed by atoms with Crippen molar-refractivity contribution >= 4 is 50.1 Å². The lowest BCUT2D eigenvalue weighted by Gasteiger charge is -2.35. The topological polar surface area (TPSA) is 137 Å². The van der Waals surface area contributed by atoms with Gasteiger partial charge in [-0.1, -0.05) is 52.1 Å². The Morgan fingerprint density at radius 3 is 2.66 bits per heavy atom. The summed E-state index contributed by atoms with van der Waals surface area (Å²) in [7, 11) is 0. The van der Waals surface area contributed by atoms with Crippen LogP contribution in [0.25, 0.3) is 9.66 Å². The van der Waals surface area contributed by atoms with Crippen molar-refractivity contribution in [3.8, 4) is 11.8 Å². The number of thiazole rings is 2. The fourth-order valence-corrected chi connectivity index (χ4v) is 5.53. The number of nitrogens with one attached hydrogen (secondary N) is 1. The zero-order valence-corrected chi connectivity index (χ0v) is 20.2. The minimum Gasteiger partial charge on any atom is -0.480 e. The van der Waals surface area contributed by atoms with Crippen molar-refractivity contribution in [2.75, 3.05) is 18.5 Å². The van der Waals surface area contributed by atoms with Crippen molar-refractivity contribution in [2.24, 2.45) is 0 Å². The molecule has 1 amide bonds. The first kappa shape index (κ1) is 23.0. The third-order valence-corrected chi connectivity index (χ3v) is 7.64.